The molecule has 5 heteroatoms. The zero-order valence-electron chi connectivity index (χ0n) is 17.2. The molecule has 0 fully saturated rings. The maximum Gasteiger partial charge on any atom is 0.254 e. The van der Waals surface area contributed by atoms with Crippen LogP contribution in [0, 0.1) is 6.92 Å². The fourth-order valence-corrected chi connectivity index (χ4v) is 3.17. The fourth-order valence-electron chi connectivity index (χ4n) is 3.17. The van der Waals surface area contributed by atoms with Crippen LogP contribution in [0.1, 0.15) is 57.0 Å². The molecule has 1 N–H and O–H groups in total. The maximum absolute atomic E-state index is 13.0. The monoisotopic (exact) mass is 369 g/mol. The van der Waals surface area contributed by atoms with Crippen molar-refractivity contribution in [1.29, 1.82) is 0 Å². The Morgan fingerprint density at radius 3 is 2.30 bits per heavy atom. The molecule has 1 aromatic heterocycles. The lowest BCUT2D eigenvalue weighted by atomic mass is 10.1. The number of rotatable bonds is 8. The zero-order valence-corrected chi connectivity index (χ0v) is 17.2. The number of hydrogen-bond acceptors (Lipinski definition) is 4. The molecule has 2 aromatic rings. The van der Waals surface area contributed by atoms with Gasteiger partial charge >= 0.3 is 0 Å². The lowest BCUT2D eigenvalue weighted by Crippen LogP contribution is -2.42. The van der Waals surface area contributed by atoms with Crippen LogP contribution in [0.3, 0.4) is 0 Å². The van der Waals surface area contributed by atoms with E-state index in [1.165, 1.54) is 0 Å². The number of aromatic nitrogens is 1. The van der Waals surface area contributed by atoms with E-state index in [0.29, 0.717) is 11.3 Å². The van der Waals surface area contributed by atoms with Crippen molar-refractivity contribution in [2.24, 2.45) is 0 Å². The van der Waals surface area contributed by atoms with E-state index in [1.54, 1.807) is 12.4 Å². The number of aryl methyl sites for hydroxylation is 1. The molecule has 1 amide bonds. The number of hydrogen-bond donors (Lipinski definition) is 1. The van der Waals surface area contributed by atoms with Crippen molar-refractivity contribution in [2.75, 3.05) is 5.32 Å². The van der Waals surface area contributed by atoms with Gasteiger partial charge < -0.3 is 15.0 Å². The quantitative estimate of drug-likeness (QED) is 0.674. The van der Waals surface area contributed by atoms with E-state index < -0.39 is 0 Å². The molecule has 5 nitrogen and oxygen atoms in total. The number of pyridine rings is 1. The first-order valence-corrected chi connectivity index (χ1v) is 9.59. The lowest BCUT2D eigenvalue weighted by molar-refractivity contribution is 0.0643. The summed E-state index contributed by atoms with van der Waals surface area (Å²) in [6, 6.07) is 9.80. The highest BCUT2D eigenvalue weighted by molar-refractivity contribution is 5.95. The molecule has 0 spiro atoms. The molecule has 1 heterocycles. The number of nitrogens with one attached hydrogen (secondary N) is 1. The Hall–Kier alpha value is -2.56. The van der Waals surface area contributed by atoms with Crippen LogP contribution in [0.25, 0.3) is 0 Å². The topological polar surface area (TPSA) is 54.5 Å². The third kappa shape index (κ3) is 5.71. The van der Waals surface area contributed by atoms with E-state index in [0.717, 1.165) is 17.7 Å². The highest BCUT2D eigenvalue weighted by Crippen LogP contribution is 2.22. The standard InChI is InChI=1S/C22H31N3O2/c1-7-21(24-19-8-10-23-11-9-19)27-20-13-17(6)12-18(14-20)22(26)25(15(2)3)16(4)5/h8-16,21H,7H2,1-6H3,(H,23,24). The fraction of sp³-hybridized carbons (Fsp3) is 0.455. The molecule has 0 aliphatic carbocycles. The second-order valence-corrected chi connectivity index (χ2v) is 7.33. The van der Waals surface area contributed by atoms with E-state index in [2.05, 4.69) is 17.2 Å². The van der Waals surface area contributed by atoms with Gasteiger partial charge in [0.2, 0.25) is 0 Å². The first kappa shape index (κ1) is 20.7. The van der Waals surface area contributed by atoms with E-state index >= 15 is 0 Å². The predicted molar refractivity (Wildman–Crippen MR) is 110 cm³/mol. The number of carbonyl (C=O) groups excluding carboxylic acids is 1. The van der Waals surface area contributed by atoms with E-state index in [1.807, 2.05) is 69.9 Å². The predicted octanol–water partition coefficient (Wildman–Crippen LogP) is 4.88. The zero-order chi connectivity index (χ0) is 20.0. The molecule has 0 saturated carbocycles. The maximum atomic E-state index is 13.0. The van der Waals surface area contributed by atoms with Gasteiger partial charge in [0.25, 0.3) is 5.91 Å². The highest BCUT2D eigenvalue weighted by Gasteiger charge is 2.22. The average Bonchev–Trinajstić information content (AvgIpc) is 2.60. The van der Waals surface area contributed by atoms with Crippen molar-refractivity contribution in [1.82, 2.24) is 9.88 Å². The summed E-state index contributed by atoms with van der Waals surface area (Å²) in [6.07, 6.45) is 4.07. The molecule has 1 unspecified atom stereocenters. The summed E-state index contributed by atoms with van der Waals surface area (Å²) in [6.45, 7) is 12.2. The van der Waals surface area contributed by atoms with Crippen LogP contribution < -0.4 is 10.1 Å². The highest BCUT2D eigenvalue weighted by atomic mass is 16.5. The van der Waals surface area contributed by atoms with Crippen molar-refractivity contribution in [3.63, 3.8) is 0 Å². The Morgan fingerprint density at radius 2 is 1.74 bits per heavy atom. The molecule has 2 rings (SSSR count). The van der Waals surface area contributed by atoms with Gasteiger partial charge in [-0.25, -0.2) is 0 Å². The van der Waals surface area contributed by atoms with Crippen LogP contribution in [0.5, 0.6) is 5.75 Å². The summed E-state index contributed by atoms with van der Waals surface area (Å²) in [4.78, 5) is 18.9. The van der Waals surface area contributed by atoms with Crippen molar-refractivity contribution in [3.05, 3.63) is 53.9 Å². The van der Waals surface area contributed by atoms with E-state index in [9.17, 15) is 4.79 Å². The van der Waals surface area contributed by atoms with Gasteiger partial charge in [0, 0.05) is 42.1 Å². The summed E-state index contributed by atoms with van der Waals surface area (Å²) in [5.74, 6) is 0.725. The summed E-state index contributed by atoms with van der Waals surface area (Å²) in [5, 5.41) is 3.35. The summed E-state index contributed by atoms with van der Waals surface area (Å²) >= 11 is 0. The van der Waals surface area contributed by atoms with E-state index in [4.69, 9.17) is 4.74 Å². The van der Waals surface area contributed by atoms with Crippen molar-refractivity contribution >= 4 is 11.6 Å². The van der Waals surface area contributed by atoms with Gasteiger partial charge in [-0.15, -0.1) is 0 Å². The van der Waals surface area contributed by atoms with Crippen LogP contribution >= 0.6 is 0 Å². The largest absolute Gasteiger partial charge is 0.471 e. The Bertz CT molecular complexity index is 736. The summed E-state index contributed by atoms with van der Waals surface area (Å²) < 4.78 is 6.14. The van der Waals surface area contributed by atoms with Crippen molar-refractivity contribution in [3.8, 4) is 5.75 Å². The van der Waals surface area contributed by atoms with Crippen LogP contribution in [-0.4, -0.2) is 34.1 Å². The number of amides is 1. The second-order valence-electron chi connectivity index (χ2n) is 7.33. The molecule has 27 heavy (non-hydrogen) atoms. The molecule has 1 atom stereocenters. The normalized spacial score (nSPS) is 12.1. The Kier molecular flexibility index (Phi) is 7.22. The van der Waals surface area contributed by atoms with Crippen LogP contribution in [0.4, 0.5) is 5.69 Å². The number of anilines is 1. The molecule has 0 saturated heterocycles. The summed E-state index contributed by atoms with van der Waals surface area (Å²) in [7, 11) is 0. The van der Waals surface area contributed by atoms with Gasteiger partial charge in [0.05, 0.1) is 0 Å². The SMILES string of the molecule is CCC(Nc1ccncc1)Oc1cc(C)cc(C(=O)N(C(C)C)C(C)C)c1. The van der Waals surface area contributed by atoms with Crippen molar-refractivity contribution < 1.29 is 9.53 Å². The Morgan fingerprint density at radius 1 is 1.11 bits per heavy atom. The minimum Gasteiger partial charge on any atom is -0.471 e. The minimum atomic E-state index is -0.191. The molecule has 146 valence electrons. The van der Waals surface area contributed by atoms with Gasteiger partial charge in [-0.2, -0.15) is 0 Å². The molecular formula is C22H31N3O2. The van der Waals surface area contributed by atoms with Crippen LogP contribution in [-0.2, 0) is 0 Å². The molecule has 0 radical (unpaired) electrons. The summed E-state index contributed by atoms with van der Waals surface area (Å²) in [5.41, 5.74) is 2.61. The third-order valence-electron chi connectivity index (χ3n) is 4.30. The minimum absolute atomic E-state index is 0.0312. The number of benzene rings is 1. The molecule has 1 aromatic carbocycles. The van der Waals surface area contributed by atoms with Gasteiger partial charge in [0.1, 0.15) is 5.75 Å². The number of nitrogens with zero attached hydrogens (tertiary/aromatic N) is 2. The van der Waals surface area contributed by atoms with Crippen molar-refractivity contribution in [2.45, 2.75) is 66.3 Å². The lowest BCUT2D eigenvalue weighted by Gasteiger charge is -2.31. The van der Waals surface area contributed by atoms with Gasteiger partial charge in [-0.3, -0.25) is 9.78 Å². The first-order chi connectivity index (χ1) is 12.8. The Labute approximate surface area is 162 Å². The first-order valence-electron chi connectivity index (χ1n) is 9.59. The molecule has 0 aliphatic rings. The second kappa shape index (κ2) is 9.40. The van der Waals surface area contributed by atoms with Crippen LogP contribution in [0.15, 0.2) is 42.7 Å². The van der Waals surface area contributed by atoms with Gasteiger partial charge in [-0.1, -0.05) is 6.92 Å². The molecule has 0 aliphatic heterocycles. The number of ether oxygens (including phenoxy) is 1. The third-order valence-corrected chi connectivity index (χ3v) is 4.30. The van der Waals surface area contributed by atoms with Crippen LogP contribution in [0.2, 0.25) is 0 Å². The van der Waals surface area contributed by atoms with E-state index in [-0.39, 0.29) is 24.2 Å². The Balaban J connectivity index is 2.21. The van der Waals surface area contributed by atoms with Gasteiger partial charge in [-0.05, 0) is 70.5 Å². The molecule has 0 bridgehead atoms. The number of carbonyl (C=O) groups is 1. The molecular weight excluding hydrogens is 338 g/mol. The smallest absolute Gasteiger partial charge is 0.254 e. The van der Waals surface area contributed by atoms with Gasteiger partial charge in [0.15, 0.2) is 6.23 Å². The average molecular weight is 370 g/mol.